The minimum absolute atomic E-state index is 0.220. The lowest BCUT2D eigenvalue weighted by Gasteiger charge is -2.33. The van der Waals surface area contributed by atoms with Crippen molar-refractivity contribution in [2.75, 3.05) is 11.9 Å². The van der Waals surface area contributed by atoms with Crippen molar-refractivity contribution in [3.05, 3.63) is 64.2 Å². The summed E-state index contributed by atoms with van der Waals surface area (Å²) < 4.78 is 5.64. The fourth-order valence-corrected chi connectivity index (χ4v) is 3.46. The quantitative estimate of drug-likeness (QED) is 0.703. The predicted molar refractivity (Wildman–Crippen MR) is 82.1 cm³/mol. The zero-order valence-electron chi connectivity index (χ0n) is 11.8. The topological polar surface area (TPSA) is 46.6 Å². The van der Waals surface area contributed by atoms with Crippen LogP contribution in [0.3, 0.4) is 0 Å². The number of nitrogens with zero attached hydrogens (tertiary/aromatic N) is 1. The first-order valence-corrected chi connectivity index (χ1v) is 7.30. The van der Waals surface area contributed by atoms with Gasteiger partial charge in [-0.05, 0) is 23.8 Å². The van der Waals surface area contributed by atoms with Crippen LogP contribution in [0, 0.1) is 0 Å². The van der Waals surface area contributed by atoms with Crippen molar-refractivity contribution in [2.24, 2.45) is 0 Å². The van der Waals surface area contributed by atoms with Crippen molar-refractivity contribution in [1.29, 1.82) is 0 Å². The minimum atomic E-state index is -1.26. The van der Waals surface area contributed by atoms with Crippen LogP contribution in [0.25, 0.3) is 0 Å². The zero-order valence-corrected chi connectivity index (χ0v) is 12.6. The highest BCUT2D eigenvalue weighted by Crippen LogP contribution is 2.47. The van der Waals surface area contributed by atoms with Crippen LogP contribution < -0.4 is 4.90 Å². The Balaban J connectivity index is 1.92. The van der Waals surface area contributed by atoms with Crippen molar-refractivity contribution in [2.45, 2.75) is 12.0 Å². The first-order valence-electron chi connectivity index (χ1n) is 6.92. The first kappa shape index (κ1) is 13.3. The number of halogens is 1. The van der Waals surface area contributed by atoms with Crippen LogP contribution in [-0.4, -0.2) is 18.9 Å². The van der Waals surface area contributed by atoms with Gasteiger partial charge in [-0.2, -0.15) is 0 Å². The summed E-state index contributed by atoms with van der Waals surface area (Å²) in [7, 11) is 1.70. The molecule has 5 heteroatoms. The fourth-order valence-electron chi connectivity index (χ4n) is 3.28. The molecule has 0 bridgehead atoms. The van der Waals surface area contributed by atoms with Crippen LogP contribution in [0.1, 0.15) is 21.5 Å². The molecular formula is C17H12ClNO3. The number of fused-ring (bicyclic) bond motifs is 3. The lowest BCUT2D eigenvalue weighted by molar-refractivity contribution is -0.137. The molecule has 0 radical (unpaired) electrons. The lowest BCUT2D eigenvalue weighted by atomic mass is 9.84. The van der Waals surface area contributed by atoms with Gasteiger partial charge < -0.3 is 9.64 Å². The fraction of sp³-hybridized carbons (Fsp3) is 0.176. The molecule has 0 N–H and O–H groups in total. The van der Waals surface area contributed by atoms with Gasteiger partial charge in [-0.3, -0.25) is 4.79 Å². The van der Waals surface area contributed by atoms with E-state index in [0.29, 0.717) is 17.0 Å². The zero-order chi connectivity index (χ0) is 15.5. The third kappa shape index (κ3) is 1.58. The molecule has 1 amide bonds. The molecule has 0 saturated carbocycles. The van der Waals surface area contributed by atoms with Gasteiger partial charge in [-0.1, -0.05) is 35.9 Å². The summed E-state index contributed by atoms with van der Waals surface area (Å²) in [4.78, 5) is 26.7. The first-order chi connectivity index (χ1) is 10.5. The molecule has 110 valence electrons. The maximum atomic E-state index is 12.8. The smallest absolute Gasteiger partial charge is 0.339 e. The number of hydrogen-bond acceptors (Lipinski definition) is 3. The van der Waals surface area contributed by atoms with E-state index < -0.39 is 11.6 Å². The predicted octanol–water partition coefficient (Wildman–Crippen LogP) is 2.92. The molecule has 0 aliphatic carbocycles. The summed E-state index contributed by atoms with van der Waals surface area (Å²) in [5, 5.41) is 0.474. The molecule has 2 heterocycles. The molecule has 1 atom stereocenters. The number of hydrogen-bond donors (Lipinski definition) is 0. The molecule has 0 fully saturated rings. The third-order valence-corrected chi connectivity index (χ3v) is 4.58. The number of rotatable bonds is 0. The standard InChI is InChI=1S/C17H12ClNO3/c1-19-14-5-3-2-4-13(14)17(16(19)21)9-10-6-7-11(18)8-12(10)15(20)22-17/h2-8H,9H2,1H3. The van der Waals surface area contributed by atoms with Gasteiger partial charge in [0.25, 0.3) is 5.91 Å². The molecule has 2 aliphatic heterocycles. The van der Waals surface area contributed by atoms with Gasteiger partial charge in [-0.15, -0.1) is 0 Å². The highest BCUT2D eigenvalue weighted by atomic mass is 35.5. The summed E-state index contributed by atoms with van der Waals surface area (Å²) in [5.74, 6) is -0.732. The molecule has 0 aromatic heterocycles. The van der Waals surface area contributed by atoms with E-state index in [-0.39, 0.29) is 5.91 Å². The average molecular weight is 314 g/mol. The second-order valence-corrected chi connectivity index (χ2v) is 6.01. The third-order valence-electron chi connectivity index (χ3n) is 4.35. The van der Waals surface area contributed by atoms with Crippen molar-refractivity contribution in [3.8, 4) is 0 Å². The van der Waals surface area contributed by atoms with Crippen LogP contribution in [0.5, 0.6) is 0 Å². The van der Waals surface area contributed by atoms with Gasteiger partial charge in [0.2, 0.25) is 5.60 Å². The van der Waals surface area contributed by atoms with Gasteiger partial charge in [0.15, 0.2) is 0 Å². The van der Waals surface area contributed by atoms with Crippen molar-refractivity contribution < 1.29 is 14.3 Å². The summed E-state index contributed by atoms with van der Waals surface area (Å²) in [6.07, 6.45) is 0.325. The molecule has 4 nitrogen and oxygen atoms in total. The molecule has 22 heavy (non-hydrogen) atoms. The number of benzene rings is 2. The molecule has 4 rings (SSSR count). The summed E-state index contributed by atoms with van der Waals surface area (Å²) in [6.45, 7) is 0. The molecule has 2 aromatic rings. The van der Waals surface area contributed by atoms with Crippen molar-refractivity contribution in [1.82, 2.24) is 0 Å². The SMILES string of the molecule is CN1C(=O)C2(Cc3ccc(Cl)cc3C(=O)O2)c2ccccc21. The van der Waals surface area contributed by atoms with Gasteiger partial charge >= 0.3 is 5.97 Å². The molecule has 1 unspecified atom stereocenters. The Morgan fingerprint density at radius 3 is 2.77 bits per heavy atom. The summed E-state index contributed by atoms with van der Waals surface area (Å²) in [6, 6.07) is 12.5. The van der Waals surface area contributed by atoms with Crippen molar-refractivity contribution >= 4 is 29.2 Å². The molecule has 1 spiro atoms. The van der Waals surface area contributed by atoms with Crippen LogP contribution in [0.15, 0.2) is 42.5 Å². The Labute approximate surface area is 132 Å². The Morgan fingerprint density at radius 2 is 1.95 bits per heavy atom. The van der Waals surface area contributed by atoms with E-state index in [1.54, 1.807) is 30.1 Å². The summed E-state index contributed by atoms with van der Waals surface area (Å²) in [5.41, 5.74) is 1.45. The Morgan fingerprint density at radius 1 is 1.18 bits per heavy atom. The number of carbonyl (C=O) groups is 2. The van der Waals surface area contributed by atoms with E-state index in [1.165, 1.54) is 0 Å². The van der Waals surface area contributed by atoms with E-state index in [0.717, 1.165) is 16.8 Å². The highest BCUT2D eigenvalue weighted by Gasteiger charge is 2.55. The van der Waals surface area contributed by atoms with Crippen LogP contribution >= 0.6 is 11.6 Å². The van der Waals surface area contributed by atoms with E-state index in [1.807, 2.05) is 24.3 Å². The van der Waals surface area contributed by atoms with E-state index in [4.69, 9.17) is 16.3 Å². The molecule has 2 aromatic carbocycles. The number of esters is 1. The van der Waals surface area contributed by atoms with Gasteiger partial charge in [0, 0.05) is 24.1 Å². The largest absolute Gasteiger partial charge is 0.440 e. The number of anilines is 1. The van der Waals surface area contributed by atoms with Gasteiger partial charge in [0.05, 0.1) is 11.3 Å². The second-order valence-electron chi connectivity index (χ2n) is 5.58. The van der Waals surface area contributed by atoms with E-state index >= 15 is 0 Å². The number of amides is 1. The van der Waals surface area contributed by atoms with Crippen molar-refractivity contribution in [3.63, 3.8) is 0 Å². The molecule has 0 saturated heterocycles. The Hall–Kier alpha value is -2.33. The van der Waals surface area contributed by atoms with E-state index in [9.17, 15) is 9.59 Å². The Bertz CT molecular complexity index is 832. The van der Waals surface area contributed by atoms with E-state index in [2.05, 4.69) is 0 Å². The van der Waals surface area contributed by atoms with Gasteiger partial charge in [0.1, 0.15) is 0 Å². The highest BCUT2D eigenvalue weighted by molar-refractivity contribution is 6.31. The monoisotopic (exact) mass is 313 g/mol. The van der Waals surface area contributed by atoms with Crippen LogP contribution in [0.2, 0.25) is 5.02 Å². The molecular weight excluding hydrogens is 302 g/mol. The lowest BCUT2D eigenvalue weighted by Crippen LogP contribution is -2.46. The normalized spacial score (nSPS) is 22.5. The number of para-hydroxylation sites is 1. The number of ether oxygens (including phenoxy) is 1. The minimum Gasteiger partial charge on any atom is -0.440 e. The van der Waals surface area contributed by atoms with Crippen LogP contribution in [0.4, 0.5) is 5.69 Å². The number of likely N-dealkylation sites (N-methyl/N-ethyl adjacent to an activating group) is 1. The second kappa shape index (κ2) is 4.34. The molecule has 2 aliphatic rings. The Kier molecular flexibility index (Phi) is 2.63. The maximum absolute atomic E-state index is 12.8. The average Bonchev–Trinajstić information content (AvgIpc) is 2.72. The maximum Gasteiger partial charge on any atom is 0.339 e. The van der Waals surface area contributed by atoms with Crippen LogP contribution in [-0.2, 0) is 21.6 Å². The number of carbonyl (C=O) groups excluding carboxylic acids is 2. The van der Waals surface area contributed by atoms with Gasteiger partial charge in [-0.25, -0.2) is 4.79 Å². The summed E-state index contributed by atoms with van der Waals surface area (Å²) >= 11 is 5.94.